The molecule has 1 aliphatic carbocycles. The van der Waals surface area contributed by atoms with E-state index in [0.717, 1.165) is 12.8 Å². The Bertz CT molecular complexity index is 875. The van der Waals surface area contributed by atoms with Crippen molar-refractivity contribution in [3.63, 3.8) is 0 Å². The number of hydrogen-bond donors (Lipinski definition) is 3. The zero-order valence-electron chi connectivity index (χ0n) is 18.6. The molecule has 2 aromatic carbocycles. The highest BCUT2D eigenvalue weighted by Gasteiger charge is 2.29. The van der Waals surface area contributed by atoms with Gasteiger partial charge in [-0.1, -0.05) is 48.5 Å². The van der Waals surface area contributed by atoms with E-state index in [0.29, 0.717) is 19.6 Å². The van der Waals surface area contributed by atoms with Crippen LogP contribution in [-0.4, -0.2) is 36.7 Å². The molecule has 6 heteroatoms. The third-order valence-corrected chi connectivity index (χ3v) is 5.39. The summed E-state index contributed by atoms with van der Waals surface area (Å²) in [6.07, 6.45) is 1.65. The minimum Gasteiger partial charge on any atom is -0.449 e. The maximum atomic E-state index is 12.2. The molecule has 2 aromatic rings. The summed E-state index contributed by atoms with van der Waals surface area (Å²) in [7, 11) is 0. The SMILES string of the molecule is CC(C)(C)NC(=O)[C@@H](N)CCCCNC(=O)OCC1c2ccccc2-c2ccccc21. The number of nitrogens with one attached hydrogen (secondary N) is 2. The van der Waals surface area contributed by atoms with Crippen LogP contribution in [0.4, 0.5) is 4.79 Å². The molecule has 0 unspecified atom stereocenters. The van der Waals surface area contributed by atoms with Gasteiger partial charge in [0.25, 0.3) is 0 Å². The molecule has 0 saturated heterocycles. The summed E-state index contributed by atoms with van der Waals surface area (Å²) in [5, 5.41) is 5.68. The van der Waals surface area contributed by atoms with Crippen LogP contribution in [0.15, 0.2) is 48.5 Å². The van der Waals surface area contributed by atoms with Gasteiger partial charge in [-0.25, -0.2) is 4.79 Å². The number of unbranched alkanes of at least 4 members (excludes halogenated alkanes) is 1. The summed E-state index contributed by atoms with van der Waals surface area (Å²) in [5.41, 5.74) is 10.4. The van der Waals surface area contributed by atoms with E-state index in [1.54, 1.807) is 0 Å². The first-order valence-electron chi connectivity index (χ1n) is 10.9. The quantitative estimate of drug-likeness (QED) is 0.561. The number of rotatable bonds is 8. The Morgan fingerprint density at radius 2 is 1.58 bits per heavy atom. The third-order valence-electron chi connectivity index (χ3n) is 5.39. The fourth-order valence-corrected chi connectivity index (χ4v) is 3.92. The maximum absolute atomic E-state index is 12.2. The van der Waals surface area contributed by atoms with Crippen molar-refractivity contribution in [2.75, 3.05) is 13.2 Å². The average molecular weight is 424 g/mol. The van der Waals surface area contributed by atoms with Gasteiger partial charge in [0.05, 0.1) is 6.04 Å². The van der Waals surface area contributed by atoms with Gasteiger partial charge in [0.1, 0.15) is 6.61 Å². The molecule has 1 atom stereocenters. The van der Waals surface area contributed by atoms with Crippen LogP contribution < -0.4 is 16.4 Å². The van der Waals surface area contributed by atoms with Gasteiger partial charge in [0.15, 0.2) is 0 Å². The molecule has 31 heavy (non-hydrogen) atoms. The van der Waals surface area contributed by atoms with Crippen LogP contribution in [0.25, 0.3) is 11.1 Å². The molecule has 166 valence electrons. The van der Waals surface area contributed by atoms with E-state index in [2.05, 4.69) is 34.9 Å². The fraction of sp³-hybridized carbons (Fsp3) is 0.440. The van der Waals surface area contributed by atoms with Crippen LogP contribution in [-0.2, 0) is 9.53 Å². The minimum atomic E-state index is -0.534. The van der Waals surface area contributed by atoms with Gasteiger partial charge in [-0.15, -0.1) is 0 Å². The van der Waals surface area contributed by atoms with Crippen molar-refractivity contribution in [1.29, 1.82) is 0 Å². The van der Waals surface area contributed by atoms with Crippen molar-refractivity contribution in [1.82, 2.24) is 10.6 Å². The number of alkyl carbamates (subject to hydrolysis) is 1. The van der Waals surface area contributed by atoms with Crippen LogP contribution in [0.5, 0.6) is 0 Å². The van der Waals surface area contributed by atoms with Crippen LogP contribution in [0.2, 0.25) is 0 Å². The second-order valence-corrected chi connectivity index (χ2v) is 9.09. The molecule has 0 spiro atoms. The standard InChI is InChI=1S/C25H33N3O3/c1-25(2,3)28-23(29)22(26)14-8-9-15-27-24(30)31-16-21-19-12-6-4-10-17(19)18-11-5-7-13-20(18)21/h4-7,10-13,21-22H,8-9,14-16,26H2,1-3H3,(H,27,30)(H,28,29)/t22-/m0/s1. The number of fused-ring (bicyclic) bond motifs is 3. The molecule has 0 fully saturated rings. The van der Waals surface area contributed by atoms with Crippen molar-refractivity contribution in [3.05, 3.63) is 59.7 Å². The molecule has 0 saturated carbocycles. The highest BCUT2D eigenvalue weighted by Crippen LogP contribution is 2.44. The number of carbonyl (C=O) groups excluding carboxylic acids is 2. The summed E-state index contributed by atoms with van der Waals surface area (Å²) in [5.74, 6) is -0.0885. The number of ether oxygens (including phenoxy) is 1. The first-order chi connectivity index (χ1) is 14.8. The van der Waals surface area contributed by atoms with Crippen molar-refractivity contribution < 1.29 is 14.3 Å². The van der Waals surface area contributed by atoms with E-state index in [1.807, 2.05) is 45.0 Å². The van der Waals surface area contributed by atoms with Gasteiger partial charge >= 0.3 is 6.09 Å². The second-order valence-electron chi connectivity index (χ2n) is 9.09. The largest absolute Gasteiger partial charge is 0.449 e. The van der Waals surface area contributed by atoms with Crippen LogP contribution in [0.3, 0.4) is 0 Å². The zero-order chi connectivity index (χ0) is 22.4. The van der Waals surface area contributed by atoms with E-state index >= 15 is 0 Å². The lowest BCUT2D eigenvalue weighted by atomic mass is 9.98. The highest BCUT2D eigenvalue weighted by molar-refractivity contribution is 5.82. The summed E-state index contributed by atoms with van der Waals surface area (Å²) >= 11 is 0. The molecule has 2 amide bonds. The fourth-order valence-electron chi connectivity index (χ4n) is 3.92. The molecule has 3 rings (SSSR count). The van der Waals surface area contributed by atoms with Crippen LogP contribution in [0, 0.1) is 0 Å². The normalized spacial score (nSPS) is 13.8. The maximum Gasteiger partial charge on any atom is 0.407 e. The van der Waals surface area contributed by atoms with Crippen molar-refractivity contribution in [2.24, 2.45) is 5.73 Å². The van der Waals surface area contributed by atoms with Gasteiger partial charge in [-0.2, -0.15) is 0 Å². The van der Waals surface area contributed by atoms with Gasteiger partial charge in [0, 0.05) is 18.0 Å². The lowest BCUT2D eigenvalue weighted by Gasteiger charge is -2.23. The molecule has 0 aromatic heterocycles. The Hall–Kier alpha value is -2.86. The van der Waals surface area contributed by atoms with E-state index in [9.17, 15) is 9.59 Å². The number of carbonyl (C=O) groups is 2. The number of amides is 2. The van der Waals surface area contributed by atoms with Gasteiger partial charge in [-0.3, -0.25) is 4.79 Å². The Morgan fingerprint density at radius 3 is 2.16 bits per heavy atom. The predicted molar refractivity (Wildman–Crippen MR) is 123 cm³/mol. The topological polar surface area (TPSA) is 93.5 Å². The van der Waals surface area contributed by atoms with Gasteiger partial charge < -0.3 is 21.1 Å². The van der Waals surface area contributed by atoms with Crippen LogP contribution >= 0.6 is 0 Å². The summed E-state index contributed by atoms with van der Waals surface area (Å²) in [6.45, 7) is 6.57. The second kappa shape index (κ2) is 9.96. The number of benzene rings is 2. The molecule has 1 aliphatic rings. The monoisotopic (exact) mass is 423 g/mol. The molecule has 6 nitrogen and oxygen atoms in total. The lowest BCUT2D eigenvalue weighted by molar-refractivity contribution is -0.123. The molecule has 0 bridgehead atoms. The molecule has 4 N–H and O–H groups in total. The Morgan fingerprint density at radius 1 is 1.00 bits per heavy atom. The van der Waals surface area contributed by atoms with E-state index in [4.69, 9.17) is 10.5 Å². The van der Waals surface area contributed by atoms with Crippen molar-refractivity contribution in [3.8, 4) is 11.1 Å². The molecular formula is C25H33N3O3. The summed E-state index contributed by atoms with van der Waals surface area (Å²) in [6, 6.07) is 16.0. The van der Waals surface area contributed by atoms with Gasteiger partial charge in [0.2, 0.25) is 5.91 Å². The highest BCUT2D eigenvalue weighted by atomic mass is 16.5. The summed E-state index contributed by atoms with van der Waals surface area (Å²) in [4.78, 5) is 24.2. The number of nitrogens with two attached hydrogens (primary N) is 1. The van der Waals surface area contributed by atoms with E-state index < -0.39 is 12.1 Å². The smallest absolute Gasteiger partial charge is 0.407 e. The molecular weight excluding hydrogens is 390 g/mol. The Labute approximate surface area is 184 Å². The summed E-state index contributed by atoms with van der Waals surface area (Å²) < 4.78 is 5.52. The Balaban J connectivity index is 1.39. The number of hydrogen-bond acceptors (Lipinski definition) is 4. The molecule has 0 aliphatic heterocycles. The first kappa shape index (κ1) is 22.8. The minimum absolute atomic E-state index is 0.0532. The van der Waals surface area contributed by atoms with Gasteiger partial charge in [-0.05, 0) is 62.3 Å². The average Bonchev–Trinajstić information content (AvgIpc) is 3.04. The van der Waals surface area contributed by atoms with Crippen molar-refractivity contribution >= 4 is 12.0 Å². The Kier molecular flexibility index (Phi) is 7.33. The lowest BCUT2D eigenvalue weighted by Crippen LogP contribution is -2.48. The first-order valence-corrected chi connectivity index (χ1v) is 10.9. The predicted octanol–water partition coefficient (Wildman–Crippen LogP) is 3.94. The third kappa shape index (κ3) is 6.07. The van der Waals surface area contributed by atoms with Crippen molar-refractivity contribution in [2.45, 2.75) is 57.5 Å². The van der Waals surface area contributed by atoms with E-state index in [-0.39, 0.29) is 17.4 Å². The van der Waals surface area contributed by atoms with E-state index in [1.165, 1.54) is 22.3 Å². The zero-order valence-corrected chi connectivity index (χ0v) is 18.6. The molecule has 0 heterocycles. The van der Waals surface area contributed by atoms with Crippen LogP contribution in [0.1, 0.15) is 57.1 Å². The molecule has 0 radical (unpaired) electrons.